The van der Waals surface area contributed by atoms with Crippen molar-refractivity contribution in [1.29, 1.82) is 0 Å². The molecule has 0 bridgehead atoms. The number of thioether (sulfide) groups is 1. The number of hydrogen-bond acceptors (Lipinski definition) is 10. The largest absolute Gasteiger partial charge is 0.393 e. The number of piperidine rings is 2. The minimum atomic E-state index is -4.59. The van der Waals surface area contributed by atoms with Gasteiger partial charge in [-0.25, -0.2) is 8.42 Å². The SMILES string of the molecule is Cc1c(C(=O)N2CCC(O)CC2)c(-c2cccc(N3CCN(c4ccc(NS(=O)(=O)c5ccc(N[C@H](CCN6CCC(C)(O)CC6)CSc6ccccc6)c(CC(F)(F)F)c5)cc4)CC3)c2)c(-c2ccc(Cl)cc2)n1C. The number of aliphatic hydroxyl groups is 2. The van der Waals surface area contributed by atoms with Crippen molar-refractivity contribution in [2.75, 3.05) is 84.5 Å². The van der Waals surface area contributed by atoms with Gasteiger partial charge in [-0.1, -0.05) is 54.1 Å². The Morgan fingerprint density at radius 3 is 2.13 bits per heavy atom. The summed E-state index contributed by atoms with van der Waals surface area (Å²) in [4.78, 5) is 23.8. The van der Waals surface area contributed by atoms with Gasteiger partial charge >= 0.3 is 6.18 Å². The molecule has 0 spiro atoms. The molecule has 1 aromatic heterocycles. The van der Waals surface area contributed by atoms with Crippen LogP contribution in [0.5, 0.6) is 0 Å². The van der Waals surface area contributed by atoms with Crippen LogP contribution in [-0.2, 0) is 23.5 Å². The number of amides is 1. The molecule has 1 atom stereocenters. The van der Waals surface area contributed by atoms with Crippen LogP contribution in [0, 0.1) is 6.92 Å². The number of sulfonamides is 1. The van der Waals surface area contributed by atoms with Crippen LogP contribution in [0.15, 0.2) is 131 Å². The van der Waals surface area contributed by atoms with Gasteiger partial charge in [0.05, 0.1) is 34.3 Å². The molecule has 3 saturated heterocycles. The van der Waals surface area contributed by atoms with E-state index in [1.807, 2.05) is 105 Å². The number of carbonyl (C=O) groups is 1. The van der Waals surface area contributed by atoms with E-state index in [1.54, 1.807) is 23.9 Å². The zero-order valence-electron chi connectivity index (χ0n) is 43.2. The fraction of sp³-hybridized carbons (Fsp3) is 0.397. The number of piperazine rings is 1. The van der Waals surface area contributed by atoms with E-state index in [-0.39, 0.29) is 33.8 Å². The number of nitrogens with one attached hydrogen (secondary N) is 2. The van der Waals surface area contributed by atoms with Gasteiger partial charge in [-0.2, -0.15) is 13.2 Å². The van der Waals surface area contributed by atoms with Gasteiger partial charge in [-0.15, -0.1) is 11.8 Å². The van der Waals surface area contributed by atoms with Crippen molar-refractivity contribution in [3.8, 4) is 22.4 Å². The number of nitrogens with zero attached hydrogens (tertiary/aromatic N) is 5. The van der Waals surface area contributed by atoms with Gasteiger partial charge in [0.2, 0.25) is 0 Å². The van der Waals surface area contributed by atoms with E-state index < -0.39 is 34.3 Å². The Morgan fingerprint density at radius 2 is 1.47 bits per heavy atom. The highest BCUT2D eigenvalue weighted by atomic mass is 35.5. The number of aromatic nitrogens is 1. The smallest absolute Gasteiger partial charge is 0.393 e. The fourth-order valence-electron chi connectivity index (χ4n) is 10.5. The Balaban J connectivity index is 0.872. The first-order valence-corrected chi connectivity index (χ1v) is 28.9. The molecule has 76 heavy (non-hydrogen) atoms. The lowest BCUT2D eigenvalue weighted by molar-refractivity contribution is -0.127. The monoisotopic (exact) mass is 1100 g/mol. The van der Waals surface area contributed by atoms with Crippen LogP contribution in [0.2, 0.25) is 5.02 Å². The maximum Gasteiger partial charge on any atom is 0.393 e. The molecule has 0 unspecified atom stereocenters. The van der Waals surface area contributed by atoms with Gasteiger partial charge in [0.1, 0.15) is 0 Å². The van der Waals surface area contributed by atoms with Crippen LogP contribution >= 0.6 is 23.4 Å². The number of alkyl halides is 3. The molecule has 4 heterocycles. The van der Waals surface area contributed by atoms with Crippen LogP contribution in [0.3, 0.4) is 0 Å². The highest BCUT2D eigenvalue weighted by Crippen LogP contribution is 2.42. The molecule has 0 aliphatic carbocycles. The topological polar surface area (TPSA) is 134 Å². The number of halogens is 4. The molecule has 3 aliphatic heterocycles. The van der Waals surface area contributed by atoms with E-state index in [0.717, 1.165) is 63.5 Å². The Morgan fingerprint density at radius 1 is 0.816 bits per heavy atom. The van der Waals surface area contributed by atoms with Crippen molar-refractivity contribution < 1.29 is 36.6 Å². The van der Waals surface area contributed by atoms with Crippen molar-refractivity contribution in [3.05, 3.63) is 143 Å². The lowest BCUT2D eigenvalue weighted by Gasteiger charge is -2.37. The van der Waals surface area contributed by atoms with Crippen LogP contribution in [-0.4, -0.2) is 127 Å². The Bertz CT molecular complexity index is 3060. The number of likely N-dealkylation sites (tertiary alicyclic amines) is 2. The third kappa shape index (κ3) is 13.5. The second kappa shape index (κ2) is 23.5. The number of carbonyl (C=O) groups excluding carboxylic acids is 1. The Hall–Kier alpha value is -5.69. The van der Waals surface area contributed by atoms with Crippen molar-refractivity contribution in [1.82, 2.24) is 14.4 Å². The molecular weight excluding hydrogens is 1030 g/mol. The molecule has 0 saturated carbocycles. The summed E-state index contributed by atoms with van der Waals surface area (Å²) in [6.07, 6.45) is -3.30. The minimum absolute atomic E-state index is 0.0546. The summed E-state index contributed by atoms with van der Waals surface area (Å²) in [6.45, 7) is 9.67. The van der Waals surface area contributed by atoms with Crippen molar-refractivity contribution in [3.63, 3.8) is 0 Å². The van der Waals surface area contributed by atoms with E-state index in [1.165, 1.54) is 12.1 Å². The van der Waals surface area contributed by atoms with E-state index >= 15 is 0 Å². The zero-order chi connectivity index (χ0) is 53.8. The van der Waals surface area contributed by atoms with E-state index in [4.69, 9.17) is 11.6 Å². The van der Waals surface area contributed by atoms with E-state index in [9.17, 15) is 36.6 Å². The number of aliphatic hydroxyl groups excluding tert-OH is 1. The van der Waals surface area contributed by atoms with E-state index in [0.29, 0.717) is 94.3 Å². The third-order valence-corrected chi connectivity index (χ3v) is 17.9. The maximum absolute atomic E-state index is 14.4. The Kier molecular flexibility index (Phi) is 17.0. The molecule has 9 rings (SSSR count). The van der Waals surface area contributed by atoms with Gasteiger partial charge in [-0.3, -0.25) is 9.52 Å². The van der Waals surface area contributed by atoms with Crippen LogP contribution in [0.1, 0.15) is 60.6 Å². The van der Waals surface area contributed by atoms with Gasteiger partial charge in [0.25, 0.3) is 15.9 Å². The van der Waals surface area contributed by atoms with Gasteiger partial charge in [0, 0.05) is 122 Å². The first kappa shape index (κ1) is 55.1. The molecule has 1 amide bonds. The van der Waals surface area contributed by atoms with Crippen molar-refractivity contribution in [2.24, 2.45) is 7.05 Å². The predicted octanol–water partition coefficient (Wildman–Crippen LogP) is 11.0. The highest BCUT2D eigenvalue weighted by molar-refractivity contribution is 7.99. The van der Waals surface area contributed by atoms with Crippen LogP contribution < -0.4 is 19.8 Å². The summed E-state index contributed by atoms with van der Waals surface area (Å²) >= 11 is 7.93. The summed E-state index contributed by atoms with van der Waals surface area (Å²) in [5.74, 6) is 0.517. The normalized spacial score (nSPS) is 17.2. The minimum Gasteiger partial charge on any atom is -0.393 e. The van der Waals surface area contributed by atoms with Crippen LogP contribution in [0.25, 0.3) is 22.4 Å². The Labute approximate surface area is 453 Å². The molecule has 404 valence electrons. The lowest BCUT2D eigenvalue weighted by Crippen LogP contribution is -2.46. The molecule has 3 aliphatic rings. The fourth-order valence-corrected chi connectivity index (χ4v) is 12.7. The second-order valence-electron chi connectivity index (χ2n) is 20.7. The number of rotatable bonds is 17. The molecule has 4 N–H and O–H groups in total. The highest BCUT2D eigenvalue weighted by Gasteiger charge is 2.33. The second-order valence-corrected chi connectivity index (χ2v) is 23.9. The average molecular weight is 1100 g/mol. The van der Waals surface area contributed by atoms with E-state index in [2.05, 4.69) is 41.4 Å². The molecule has 12 nitrogen and oxygen atoms in total. The molecule has 6 aromatic rings. The molecule has 18 heteroatoms. The first-order chi connectivity index (χ1) is 36.3. The molecular formula is C58H67ClF3N7O5S2. The predicted molar refractivity (Wildman–Crippen MR) is 301 cm³/mol. The molecule has 5 aromatic carbocycles. The van der Waals surface area contributed by atoms with Gasteiger partial charge < -0.3 is 39.7 Å². The molecule has 3 fully saturated rings. The maximum atomic E-state index is 14.4. The number of benzene rings is 5. The number of anilines is 4. The van der Waals surface area contributed by atoms with Crippen LogP contribution in [0.4, 0.5) is 35.9 Å². The number of hydrogen-bond donors (Lipinski definition) is 4. The van der Waals surface area contributed by atoms with Crippen molar-refractivity contribution >= 4 is 62.0 Å². The van der Waals surface area contributed by atoms with Crippen molar-refractivity contribution in [2.45, 2.75) is 86.1 Å². The summed E-state index contributed by atoms with van der Waals surface area (Å²) in [6, 6.07) is 36.4. The quantitative estimate of drug-likeness (QED) is 0.0654. The summed E-state index contributed by atoms with van der Waals surface area (Å²) in [5, 5.41) is 24.7. The molecule has 0 radical (unpaired) electrons. The average Bonchev–Trinajstić information content (AvgIpc) is 3.75. The van der Waals surface area contributed by atoms with Gasteiger partial charge in [0.15, 0.2) is 0 Å². The summed E-state index contributed by atoms with van der Waals surface area (Å²) in [5.41, 5.74) is 6.66. The zero-order valence-corrected chi connectivity index (χ0v) is 45.6. The standard InChI is InChI=1S/C58H67ClF3N7O5S2/c1-40-53(56(71)69-28-23-49(70)24-29-69)54(55(65(40)3)41-12-14-44(59)15-13-41)42-8-7-9-48(36-42)68-34-32-67(33-35-68)47-18-16-45(17-19-47)64-76(73,74)51-20-21-52(43(37-51)38-58(60,61)62)63-46(39-75-50-10-5-4-6-11-50)22-27-66-30-25-57(2,72)26-31-66/h4-21,36-37,46,49,63-64,70,72H,22-35,38-39H2,1-3H3/t46-/m1/s1. The third-order valence-electron chi connectivity index (χ3n) is 15.1. The van der Waals surface area contributed by atoms with Gasteiger partial charge in [-0.05, 0) is 142 Å². The lowest BCUT2D eigenvalue weighted by atomic mass is 9.93. The first-order valence-electron chi connectivity index (χ1n) is 26.0. The summed E-state index contributed by atoms with van der Waals surface area (Å²) < 4.78 is 74.9. The summed E-state index contributed by atoms with van der Waals surface area (Å²) in [7, 11) is -2.31.